The molecule has 2 aliphatic heterocycles. The number of rotatable bonds is 5. The zero-order valence-electron chi connectivity index (χ0n) is 17.0. The van der Waals surface area contributed by atoms with Crippen LogP contribution < -0.4 is 9.47 Å². The molecule has 2 atom stereocenters. The van der Waals surface area contributed by atoms with E-state index in [2.05, 4.69) is 16.3 Å². The van der Waals surface area contributed by atoms with Crippen molar-refractivity contribution in [2.45, 2.75) is 50.3 Å². The van der Waals surface area contributed by atoms with E-state index in [1.807, 2.05) is 18.2 Å². The number of aromatic nitrogens is 1. The van der Waals surface area contributed by atoms with Gasteiger partial charge in [-0.15, -0.1) is 11.3 Å². The van der Waals surface area contributed by atoms with Crippen molar-refractivity contribution in [3.63, 3.8) is 0 Å². The van der Waals surface area contributed by atoms with Crippen molar-refractivity contribution < 1.29 is 14.2 Å². The van der Waals surface area contributed by atoms with Crippen LogP contribution in [0.5, 0.6) is 11.5 Å². The monoisotopic (exact) mass is 413 g/mol. The van der Waals surface area contributed by atoms with Crippen molar-refractivity contribution >= 4 is 11.3 Å². The molecule has 0 N–H and O–H groups in total. The Kier molecular flexibility index (Phi) is 6.04. The second-order valence-corrected chi connectivity index (χ2v) is 8.54. The van der Waals surface area contributed by atoms with Crippen molar-refractivity contribution in [1.82, 2.24) is 9.88 Å². The predicted molar refractivity (Wildman–Crippen MR) is 112 cm³/mol. The maximum Gasteiger partial charge on any atom is 0.132 e. The maximum atomic E-state index is 9.94. The van der Waals surface area contributed by atoms with E-state index in [0.717, 1.165) is 73.0 Å². The lowest BCUT2D eigenvalue weighted by Crippen LogP contribution is -2.58. The van der Waals surface area contributed by atoms with Gasteiger partial charge in [-0.05, 0) is 44.2 Å². The summed E-state index contributed by atoms with van der Waals surface area (Å²) in [7, 11) is 3.30. The zero-order valence-corrected chi connectivity index (χ0v) is 17.8. The molecule has 1 aromatic carbocycles. The molecule has 2 aliphatic rings. The summed E-state index contributed by atoms with van der Waals surface area (Å²) in [4.78, 5) is 7.10. The van der Waals surface area contributed by atoms with Gasteiger partial charge in [0.15, 0.2) is 0 Å². The van der Waals surface area contributed by atoms with Gasteiger partial charge in [-0.25, -0.2) is 4.98 Å². The summed E-state index contributed by atoms with van der Waals surface area (Å²) in [6.45, 7) is 2.34. The molecule has 1 spiro atoms. The van der Waals surface area contributed by atoms with Gasteiger partial charge in [-0.1, -0.05) is 0 Å². The van der Waals surface area contributed by atoms with Crippen molar-refractivity contribution in [2.75, 3.05) is 27.4 Å². The van der Waals surface area contributed by atoms with Crippen LogP contribution in [0.25, 0.3) is 10.6 Å². The first kappa shape index (κ1) is 20.1. The van der Waals surface area contributed by atoms with Gasteiger partial charge in [0.2, 0.25) is 0 Å². The summed E-state index contributed by atoms with van der Waals surface area (Å²) in [5.41, 5.74) is 1.63. The van der Waals surface area contributed by atoms with Gasteiger partial charge in [-0.2, -0.15) is 5.26 Å². The molecule has 2 aromatic rings. The minimum Gasteiger partial charge on any atom is -0.497 e. The Morgan fingerprint density at radius 1 is 1.28 bits per heavy atom. The molecule has 1 aromatic heterocycles. The number of nitriles is 1. The summed E-state index contributed by atoms with van der Waals surface area (Å²) in [6, 6.07) is 8.10. The number of thiazole rings is 1. The largest absolute Gasteiger partial charge is 0.497 e. The van der Waals surface area contributed by atoms with Crippen molar-refractivity contribution in [3.05, 3.63) is 29.3 Å². The number of ether oxygens (including phenoxy) is 3. The van der Waals surface area contributed by atoms with Crippen LogP contribution in [0.3, 0.4) is 0 Å². The molecule has 6 nitrogen and oxygen atoms in total. The summed E-state index contributed by atoms with van der Waals surface area (Å²) >= 11 is 1.60. The van der Waals surface area contributed by atoms with E-state index >= 15 is 0 Å². The second-order valence-electron chi connectivity index (χ2n) is 7.69. The zero-order chi connectivity index (χ0) is 20.3. The standard InChI is InChI=1S/C22H27N3O3S/c1-26-17-6-7-18(19(12-17)27-2)21-24-16(15-29-21)14-25-10-5-9-22(20(25)13-23)8-3-4-11-28-22/h6-7,12,15,20H,3-5,8-11,14H2,1-2H3/t20-,22+/m1/s1. The number of hydrogen-bond acceptors (Lipinski definition) is 7. The SMILES string of the molecule is COc1ccc(-c2nc(CN3CCC[C@@]4(CCCCO4)[C@H]3C#N)cs2)c(OC)c1. The van der Waals surface area contributed by atoms with Crippen molar-refractivity contribution in [2.24, 2.45) is 0 Å². The molecule has 0 radical (unpaired) electrons. The van der Waals surface area contributed by atoms with E-state index in [0.29, 0.717) is 6.54 Å². The fraction of sp³-hybridized carbons (Fsp3) is 0.545. The van der Waals surface area contributed by atoms with Crippen LogP contribution in [0.1, 0.15) is 37.8 Å². The molecule has 0 aliphatic carbocycles. The summed E-state index contributed by atoms with van der Waals surface area (Å²) in [6.07, 6.45) is 5.25. The van der Waals surface area contributed by atoms with Gasteiger partial charge in [0.25, 0.3) is 0 Å². The van der Waals surface area contributed by atoms with E-state index in [1.165, 1.54) is 0 Å². The fourth-order valence-electron chi connectivity index (χ4n) is 4.52. The number of nitrogens with zero attached hydrogens (tertiary/aromatic N) is 3. The van der Waals surface area contributed by atoms with E-state index in [4.69, 9.17) is 19.2 Å². The highest BCUT2D eigenvalue weighted by molar-refractivity contribution is 7.13. The Balaban J connectivity index is 1.54. The summed E-state index contributed by atoms with van der Waals surface area (Å²) in [5, 5.41) is 12.9. The van der Waals surface area contributed by atoms with Gasteiger partial charge >= 0.3 is 0 Å². The van der Waals surface area contributed by atoms with Crippen LogP contribution in [0.2, 0.25) is 0 Å². The number of likely N-dealkylation sites (tertiary alicyclic amines) is 1. The third kappa shape index (κ3) is 3.97. The Morgan fingerprint density at radius 2 is 2.14 bits per heavy atom. The first-order valence-electron chi connectivity index (χ1n) is 10.1. The highest BCUT2D eigenvalue weighted by Crippen LogP contribution is 2.39. The maximum absolute atomic E-state index is 9.94. The van der Waals surface area contributed by atoms with E-state index in [9.17, 15) is 5.26 Å². The smallest absolute Gasteiger partial charge is 0.132 e. The lowest BCUT2D eigenvalue weighted by Gasteiger charge is -2.48. The van der Waals surface area contributed by atoms with Crippen LogP contribution in [-0.4, -0.2) is 48.9 Å². The molecule has 154 valence electrons. The van der Waals surface area contributed by atoms with Crippen LogP contribution in [0, 0.1) is 11.3 Å². The normalized spacial score (nSPS) is 24.9. The lowest BCUT2D eigenvalue weighted by atomic mass is 9.79. The molecule has 3 heterocycles. The Hall–Kier alpha value is -2.14. The topological polar surface area (TPSA) is 67.6 Å². The number of piperidine rings is 1. The number of benzene rings is 1. The highest BCUT2D eigenvalue weighted by atomic mass is 32.1. The first-order valence-corrected chi connectivity index (χ1v) is 11.0. The van der Waals surface area contributed by atoms with Gasteiger partial charge < -0.3 is 14.2 Å². The third-order valence-corrected chi connectivity index (χ3v) is 6.90. The Labute approximate surface area is 176 Å². The highest BCUT2D eigenvalue weighted by Gasteiger charge is 2.47. The van der Waals surface area contributed by atoms with Crippen molar-refractivity contribution in [1.29, 1.82) is 5.26 Å². The molecule has 0 amide bonds. The molecular weight excluding hydrogens is 386 g/mol. The Bertz CT molecular complexity index is 880. The molecule has 0 saturated carbocycles. The molecule has 7 heteroatoms. The van der Waals surface area contributed by atoms with Gasteiger partial charge in [0.05, 0.1) is 37.1 Å². The minimum atomic E-state index is -0.302. The first-order chi connectivity index (χ1) is 14.2. The van der Waals surface area contributed by atoms with Crippen LogP contribution in [0.15, 0.2) is 23.6 Å². The van der Waals surface area contributed by atoms with E-state index in [-0.39, 0.29) is 11.6 Å². The minimum absolute atomic E-state index is 0.211. The van der Waals surface area contributed by atoms with E-state index < -0.39 is 0 Å². The molecule has 0 bridgehead atoms. The average molecular weight is 414 g/mol. The molecule has 2 saturated heterocycles. The third-order valence-electron chi connectivity index (χ3n) is 5.97. The van der Waals surface area contributed by atoms with Crippen LogP contribution in [-0.2, 0) is 11.3 Å². The summed E-state index contributed by atoms with van der Waals surface area (Å²) < 4.78 is 17.0. The van der Waals surface area contributed by atoms with Gasteiger partial charge in [0.1, 0.15) is 22.5 Å². The quantitative estimate of drug-likeness (QED) is 0.730. The molecular formula is C22H27N3O3S. The molecule has 0 unspecified atom stereocenters. The van der Waals surface area contributed by atoms with Crippen LogP contribution in [0.4, 0.5) is 0 Å². The van der Waals surface area contributed by atoms with E-state index in [1.54, 1.807) is 25.6 Å². The Morgan fingerprint density at radius 3 is 2.86 bits per heavy atom. The fourth-order valence-corrected chi connectivity index (χ4v) is 5.36. The second kappa shape index (κ2) is 8.70. The molecule has 29 heavy (non-hydrogen) atoms. The number of methoxy groups -OCH3 is 2. The van der Waals surface area contributed by atoms with Gasteiger partial charge in [0, 0.05) is 31.1 Å². The van der Waals surface area contributed by atoms with Gasteiger partial charge in [-0.3, -0.25) is 4.90 Å². The number of hydrogen-bond donors (Lipinski definition) is 0. The average Bonchev–Trinajstić information content (AvgIpc) is 3.22. The molecule has 2 fully saturated rings. The summed E-state index contributed by atoms with van der Waals surface area (Å²) in [5.74, 6) is 1.50. The van der Waals surface area contributed by atoms with Crippen LogP contribution >= 0.6 is 11.3 Å². The predicted octanol–water partition coefficient (Wildman–Crippen LogP) is 4.25. The van der Waals surface area contributed by atoms with Crippen molar-refractivity contribution in [3.8, 4) is 28.1 Å². The lowest BCUT2D eigenvalue weighted by molar-refractivity contribution is -0.138. The molecule has 4 rings (SSSR count).